The first-order valence-electron chi connectivity index (χ1n) is 8.77. The van der Waals surface area contributed by atoms with Gasteiger partial charge < -0.3 is 20.4 Å². The summed E-state index contributed by atoms with van der Waals surface area (Å²) in [6, 6.07) is 3.87. The third-order valence-electron chi connectivity index (χ3n) is 5.26. The molecule has 1 aromatic heterocycles. The SMILES string of the molecule is CC1(N2CCN(c3cc(Nc4cn[nH]c4)c(C=N)cc3Cl)CC2)COC1. The Bertz CT molecular complexity index is 781. The fraction of sp³-hybridized carbons (Fsp3) is 0.444. The third kappa shape index (κ3) is 3.18. The van der Waals surface area contributed by atoms with E-state index in [4.69, 9.17) is 21.7 Å². The quantitative estimate of drug-likeness (QED) is 0.701. The van der Waals surface area contributed by atoms with Crippen molar-refractivity contribution in [3.8, 4) is 0 Å². The largest absolute Gasteiger partial charge is 0.377 e. The number of ether oxygens (including phenoxy) is 1. The van der Waals surface area contributed by atoms with Crippen molar-refractivity contribution in [2.45, 2.75) is 12.5 Å². The summed E-state index contributed by atoms with van der Waals surface area (Å²) in [6.45, 7) is 7.74. The maximum Gasteiger partial charge on any atom is 0.0767 e. The van der Waals surface area contributed by atoms with Gasteiger partial charge in [0, 0.05) is 49.8 Å². The molecule has 3 heterocycles. The molecule has 0 spiro atoms. The van der Waals surface area contributed by atoms with Crippen LogP contribution in [0.5, 0.6) is 0 Å². The van der Waals surface area contributed by atoms with E-state index in [1.807, 2.05) is 12.1 Å². The molecule has 7 nitrogen and oxygen atoms in total. The van der Waals surface area contributed by atoms with E-state index in [9.17, 15) is 0 Å². The van der Waals surface area contributed by atoms with Crippen LogP contribution in [-0.4, -0.2) is 66.2 Å². The van der Waals surface area contributed by atoms with E-state index in [0.717, 1.165) is 62.0 Å². The Morgan fingerprint density at radius 3 is 2.65 bits per heavy atom. The highest BCUT2D eigenvalue weighted by atomic mass is 35.5. The molecule has 1 aromatic carbocycles. The minimum atomic E-state index is 0.188. The number of hydrogen-bond acceptors (Lipinski definition) is 6. The highest BCUT2D eigenvalue weighted by Gasteiger charge is 2.40. The van der Waals surface area contributed by atoms with Gasteiger partial charge in [-0.25, -0.2) is 0 Å². The second-order valence-electron chi connectivity index (χ2n) is 7.11. The smallest absolute Gasteiger partial charge is 0.0767 e. The zero-order valence-electron chi connectivity index (χ0n) is 14.8. The lowest BCUT2D eigenvalue weighted by Gasteiger charge is -2.50. The monoisotopic (exact) mass is 374 g/mol. The molecule has 0 atom stereocenters. The van der Waals surface area contributed by atoms with E-state index in [0.29, 0.717) is 5.02 Å². The van der Waals surface area contributed by atoms with Crippen LogP contribution in [0.25, 0.3) is 0 Å². The fourth-order valence-corrected chi connectivity index (χ4v) is 3.88. The number of nitrogens with one attached hydrogen (secondary N) is 3. The number of H-pyrrole nitrogens is 1. The number of benzene rings is 1. The Labute approximate surface area is 157 Å². The van der Waals surface area contributed by atoms with Crippen molar-refractivity contribution in [2.75, 3.05) is 49.6 Å². The molecule has 2 saturated heterocycles. The number of aromatic nitrogens is 2. The molecule has 2 aliphatic rings. The second-order valence-corrected chi connectivity index (χ2v) is 7.52. The highest BCUT2D eigenvalue weighted by Crippen LogP contribution is 2.34. The van der Waals surface area contributed by atoms with E-state index in [2.05, 4.69) is 32.2 Å². The molecule has 138 valence electrons. The van der Waals surface area contributed by atoms with Crippen molar-refractivity contribution < 1.29 is 4.74 Å². The third-order valence-corrected chi connectivity index (χ3v) is 5.56. The Hall–Kier alpha value is -2.09. The summed E-state index contributed by atoms with van der Waals surface area (Å²) >= 11 is 6.54. The summed E-state index contributed by atoms with van der Waals surface area (Å²) in [5, 5.41) is 18.4. The second kappa shape index (κ2) is 6.90. The topological polar surface area (TPSA) is 80.3 Å². The van der Waals surface area contributed by atoms with E-state index in [1.54, 1.807) is 12.4 Å². The van der Waals surface area contributed by atoms with Gasteiger partial charge in [0.1, 0.15) is 0 Å². The van der Waals surface area contributed by atoms with Crippen LogP contribution >= 0.6 is 11.6 Å². The van der Waals surface area contributed by atoms with E-state index < -0.39 is 0 Å². The summed E-state index contributed by atoms with van der Waals surface area (Å²) in [5.74, 6) is 0. The molecule has 0 amide bonds. The van der Waals surface area contributed by atoms with E-state index in [1.165, 1.54) is 6.21 Å². The predicted molar refractivity (Wildman–Crippen MR) is 104 cm³/mol. The Kier molecular flexibility index (Phi) is 4.60. The van der Waals surface area contributed by atoms with Gasteiger partial charge in [-0.1, -0.05) is 11.6 Å². The number of anilines is 3. The lowest BCUT2D eigenvalue weighted by molar-refractivity contribution is -0.131. The molecule has 2 aromatic rings. The summed E-state index contributed by atoms with van der Waals surface area (Å²) in [4.78, 5) is 4.83. The molecule has 26 heavy (non-hydrogen) atoms. The zero-order valence-corrected chi connectivity index (χ0v) is 15.5. The zero-order chi connectivity index (χ0) is 18.1. The van der Waals surface area contributed by atoms with Crippen LogP contribution in [0.15, 0.2) is 24.5 Å². The molecule has 2 fully saturated rings. The van der Waals surface area contributed by atoms with Crippen LogP contribution in [0, 0.1) is 5.41 Å². The maximum atomic E-state index is 7.67. The molecule has 0 radical (unpaired) electrons. The molecule has 0 aliphatic carbocycles. The van der Waals surface area contributed by atoms with Gasteiger partial charge in [-0.05, 0) is 19.1 Å². The van der Waals surface area contributed by atoms with Gasteiger partial charge in [-0.2, -0.15) is 5.10 Å². The van der Waals surface area contributed by atoms with Crippen molar-refractivity contribution in [1.82, 2.24) is 15.1 Å². The lowest BCUT2D eigenvalue weighted by atomic mass is 9.97. The van der Waals surface area contributed by atoms with Gasteiger partial charge in [0.2, 0.25) is 0 Å². The van der Waals surface area contributed by atoms with Crippen LogP contribution < -0.4 is 10.2 Å². The maximum absolute atomic E-state index is 7.67. The van der Waals surface area contributed by atoms with Crippen molar-refractivity contribution >= 4 is 34.9 Å². The van der Waals surface area contributed by atoms with E-state index in [-0.39, 0.29) is 5.54 Å². The summed E-state index contributed by atoms with van der Waals surface area (Å²) in [6.07, 6.45) is 4.80. The van der Waals surface area contributed by atoms with Gasteiger partial charge in [0.25, 0.3) is 0 Å². The molecular weight excluding hydrogens is 352 g/mol. The number of aromatic amines is 1. The van der Waals surface area contributed by atoms with Crippen molar-refractivity contribution in [2.24, 2.45) is 0 Å². The molecule has 0 bridgehead atoms. The van der Waals surface area contributed by atoms with Crippen LogP contribution in [0.1, 0.15) is 12.5 Å². The van der Waals surface area contributed by atoms with Gasteiger partial charge in [-0.15, -0.1) is 0 Å². The summed E-state index contributed by atoms with van der Waals surface area (Å²) in [5.41, 5.74) is 3.64. The van der Waals surface area contributed by atoms with Crippen LogP contribution in [0.2, 0.25) is 5.02 Å². The van der Waals surface area contributed by atoms with Crippen LogP contribution in [0.4, 0.5) is 17.1 Å². The number of piperazine rings is 1. The molecule has 0 unspecified atom stereocenters. The fourth-order valence-electron chi connectivity index (χ4n) is 3.59. The summed E-state index contributed by atoms with van der Waals surface area (Å²) in [7, 11) is 0. The van der Waals surface area contributed by atoms with Crippen molar-refractivity contribution in [3.05, 3.63) is 35.1 Å². The summed E-state index contributed by atoms with van der Waals surface area (Å²) < 4.78 is 5.40. The van der Waals surface area contributed by atoms with Gasteiger partial charge in [0.15, 0.2) is 0 Å². The Balaban J connectivity index is 1.53. The molecule has 0 saturated carbocycles. The molecular formula is C18H23ClN6O. The van der Waals surface area contributed by atoms with Crippen LogP contribution in [0.3, 0.4) is 0 Å². The van der Waals surface area contributed by atoms with Crippen LogP contribution in [-0.2, 0) is 4.74 Å². The average molecular weight is 375 g/mol. The number of hydrogen-bond donors (Lipinski definition) is 3. The lowest BCUT2D eigenvalue weighted by Crippen LogP contribution is -2.64. The normalized spacial score (nSPS) is 19.8. The van der Waals surface area contributed by atoms with Gasteiger partial charge in [0.05, 0.1) is 41.3 Å². The number of rotatable bonds is 5. The standard InChI is InChI=1S/C18H23ClN6O/c1-18(11-26-12-18)25-4-2-24(3-5-25)17-7-16(13(8-20)6-15(17)19)23-14-9-21-22-10-14/h6-10,20,23H,2-5,11-12H2,1H3,(H,21,22). The Morgan fingerprint density at radius 1 is 1.31 bits per heavy atom. The first-order chi connectivity index (χ1) is 12.6. The molecule has 8 heteroatoms. The molecule has 2 aliphatic heterocycles. The number of halogens is 1. The predicted octanol–water partition coefficient (Wildman–Crippen LogP) is 2.72. The van der Waals surface area contributed by atoms with E-state index >= 15 is 0 Å². The molecule has 4 rings (SSSR count). The highest BCUT2D eigenvalue weighted by molar-refractivity contribution is 6.33. The first-order valence-corrected chi connectivity index (χ1v) is 9.14. The number of nitrogens with zero attached hydrogens (tertiary/aromatic N) is 3. The Morgan fingerprint density at radius 2 is 2.08 bits per heavy atom. The molecule has 3 N–H and O–H groups in total. The minimum absolute atomic E-state index is 0.188. The van der Waals surface area contributed by atoms with Gasteiger partial charge >= 0.3 is 0 Å². The minimum Gasteiger partial charge on any atom is -0.377 e. The average Bonchev–Trinajstić information content (AvgIpc) is 3.14. The van der Waals surface area contributed by atoms with Crippen molar-refractivity contribution in [1.29, 1.82) is 5.41 Å². The first kappa shape index (κ1) is 17.3. The van der Waals surface area contributed by atoms with Gasteiger partial charge in [-0.3, -0.25) is 10.00 Å². The van der Waals surface area contributed by atoms with Crippen molar-refractivity contribution in [3.63, 3.8) is 0 Å².